The summed E-state index contributed by atoms with van der Waals surface area (Å²) in [6.45, 7) is 5.23. The molecule has 2 atom stereocenters. The van der Waals surface area contributed by atoms with E-state index in [-0.39, 0.29) is 30.4 Å². The molecule has 1 aliphatic rings. The van der Waals surface area contributed by atoms with Crippen LogP contribution in [0.15, 0.2) is 27.7 Å². The third kappa shape index (κ3) is 4.12. The molecule has 0 bridgehead atoms. The number of carbonyl (C=O) groups excluding carboxylic acids is 1. The summed E-state index contributed by atoms with van der Waals surface area (Å²) in [7, 11) is 0. The Morgan fingerprint density at radius 1 is 1.37 bits per heavy atom. The molecule has 0 spiro atoms. The summed E-state index contributed by atoms with van der Waals surface area (Å²) >= 11 is 3.16. The fourth-order valence-corrected chi connectivity index (χ4v) is 3.53. The van der Waals surface area contributed by atoms with Gasteiger partial charge in [-0.2, -0.15) is 0 Å². The summed E-state index contributed by atoms with van der Waals surface area (Å²) in [4.78, 5) is 30.2. The number of nitrogens with zero attached hydrogens (tertiary/aromatic N) is 3. The van der Waals surface area contributed by atoms with Crippen LogP contribution < -0.4 is 5.56 Å². The van der Waals surface area contributed by atoms with Gasteiger partial charge in [0.1, 0.15) is 23.0 Å². The second kappa shape index (κ2) is 7.18. The minimum atomic E-state index is -1.50. The molecule has 3 rings (SSSR count). The number of halogens is 3. The average Bonchev–Trinajstić information content (AvgIpc) is 2.53. The number of amides is 1. The Kier molecular flexibility index (Phi) is 5.24. The number of benzene rings is 1. The predicted octanol–water partition coefficient (Wildman–Crippen LogP) is 3.82. The summed E-state index contributed by atoms with van der Waals surface area (Å²) in [6.07, 6.45) is -0.659. The smallest absolute Gasteiger partial charge is 0.410 e. The van der Waals surface area contributed by atoms with Crippen LogP contribution in [0.25, 0.3) is 10.9 Å². The van der Waals surface area contributed by atoms with Gasteiger partial charge >= 0.3 is 6.09 Å². The molecule has 2 aromatic rings. The van der Waals surface area contributed by atoms with Crippen LogP contribution in [0.2, 0.25) is 0 Å². The van der Waals surface area contributed by atoms with E-state index in [2.05, 4.69) is 20.9 Å². The second-order valence-corrected chi connectivity index (χ2v) is 8.45. The first kappa shape index (κ1) is 19.7. The van der Waals surface area contributed by atoms with Crippen LogP contribution in [0.3, 0.4) is 0 Å². The fraction of sp³-hybridized carbons (Fsp3) is 0.500. The van der Waals surface area contributed by atoms with Gasteiger partial charge in [0.2, 0.25) is 0 Å². The van der Waals surface area contributed by atoms with Gasteiger partial charge in [-0.25, -0.2) is 18.6 Å². The molecule has 1 aromatic carbocycles. The van der Waals surface area contributed by atoms with Crippen LogP contribution in [0.1, 0.15) is 33.2 Å². The quantitative estimate of drug-likeness (QED) is 0.671. The van der Waals surface area contributed by atoms with Gasteiger partial charge in [-0.05, 0) is 39.3 Å². The number of hydrogen-bond acceptors (Lipinski definition) is 4. The van der Waals surface area contributed by atoms with Crippen molar-refractivity contribution in [3.63, 3.8) is 0 Å². The minimum Gasteiger partial charge on any atom is -0.444 e. The highest BCUT2D eigenvalue weighted by atomic mass is 79.9. The number of aromatic nitrogens is 2. The van der Waals surface area contributed by atoms with E-state index in [1.807, 2.05) is 0 Å². The Hall–Kier alpha value is -2.03. The molecule has 9 heteroatoms. The Morgan fingerprint density at radius 3 is 2.70 bits per heavy atom. The number of carbonyl (C=O) groups is 1. The van der Waals surface area contributed by atoms with Crippen molar-refractivity contribution in [3.05, 3.63) is 39.1 Å². The highest BCUT2D eigenvalue weighted by molar-refractivity contribution is 9.10. The van der Waals surface area contributed by atoms with Crippen molar-refractivity contribution in [2.24, 2.45) is 0 Å². The van der Waals surface area contributed by atoms with Crippen molar-refractivity contribution in [1.29, 1.82) is 0 Å². The maximum atomic E-state index is 14.8. The van der Waals surface area contributed by atoms with E-state index in [9.17, 15) is 18.4 Å². The van der Waals surface area contributed by atoms with Gasteiger partial charge in [0.15, 0.2) is 0 Å². The first-order valence-corrected chi connectivity index (χ1v) is 9.34. The largest absolute Gasteiger partial charge is 0.444 e. The molecule has 1 saturated heterocycles. The molecule has 0 aliphatic carbocycles. The summed E-state index contributed by atoms with van der Waals surface area (Å²) in [5.41, 5.74) is -1.11. The molecule has 1 amide bonds. The van der Waals surface area contributed by atoms with Crippen LogP contribution in [-0.4, -0.2) is 45.4 Å². The summed E-state index contributed by atoms with van der Waals surface area (Å²) < 4.78 is 35.9. The molecule has 27 heavy (non-hydrogen) atoms. The number of likely N-dealkylation sites (tertiary alicyclic amines) is 1. The molecule has 0 saturated carbocycles. The molecule has 1 aliphatic heterocycles. The van der Waals surface area contributed by atoms with Crippen molar-refractivity contribution >= 4 is 32.9 Å². The Bertz CT molecular complexity index is 942. The zero-order valence-corrected chi connectivity index (χ0v) is 16.8. The van der Waals surface area contributed by atoms with E-state index in [0.717, 1.165) is 4.57 Å². The van der Waals surface area contributed by atoms with Crippen LogP contribution in [0.5, 0.6) is 0 Å². The van der Waals surface area contributed by atoms with Gasteiger partial charge in [-0.15, -0.1) is 0 Å². The Balaban J connectivity index is 1.86. The average molecular weight is 444 g/mol. The number of hydrogen-bond donors (Lipinski definition) is 0. The highest BCUT2D eigenvalue weighted by Gasteiger charge is 2.35. The number of rotatable bonds is 1. The number of alkyl halides is 1. The van der Waals surface area contributed by atoms with Gasteiger partial charge in [0, 0.05) is 11.0 Å². The van der Waals surface area contributed by atoms with Crippen LogP contribution in [-0.2, 0) is 4.74 Å². The lowest BCUT2D eigenvalue weighted by molar-refractivity contribution is 0.00645. The lowest BCUT2D eigenvalue weighted by Crippen LogP contribution is -2.48. The topological polar surface area (TPSA) is 64.4 Å². The molecule has 146 valence electrons. The van der Waals surface area contributed by atoms with Crippen molar-refractivity contribution in [3.8, 4) is 0 Å². The van der Waals surface area contributed by atoms with Crippen LogP contribution in [0, 0.1) is 5.82 Å². The molecule has 0 unspecified atom stereocenters. The fourth-order valence-electron chi connectivity index (χ4n) is 3.11. The zero-order valence-electron chi connectivity index (χ0n) is 15.2. The minimum absolute atomic E-state index is 0.178. The van der Waals surface area contributed by atoms with E-state index in [1.165, 1.54) is 23.4 Å². The predicted molar refractivity (Wildman–Crippen MR) is 100 cm³/mol. The third-order valence-electron chi connectivity index (χ3n) is 4.32. The lowest BCUT2D eigenvalue weighted by atomic mass is 10.0. The van der Waals surface area contributed by atoms with Gasteiger partial charge in [-0.1, -0.05) is 15.9 Å². The molecular weight excluding hydrogens is 424 g/mol. The van der Waals surface area contributed by atoms with Gasteiger partial charge in [-0.3, -0.25) is 9.36 Å². The normalized spacial score (nSPS) is 20.7. The van der Waals surface area contributed by atoms with E-state index >= 15 is 0 Å². The molecule has 2 heterocycles. The monoisotopic (exact) mass is 443 g/mol. The Labute approximate surface area is 163 Å². The van der Waals surface area contributed by atoms with E-state index in [0.29, 0.717) is 4.47 Å². The summed E-state index contributed by atoms with van der Waals surface area (Å²) in [5, 5.41) is -0.178. The molecule has 1 aromatic heterocycles. The van der Waals surface area contributed by atoms with Gasteiger partial charge in [0.25, 0.3) is 5.56 Å². The van der Waals surface area contributed by atoms with E-state index < -0.39 is 35.3 Å². The van der Waals surface area contributed by atoms with E-state index in [4.69, 9.17) is 4.74 Å². The molecule has 0 radical (unpaired) electrons. The van der Waals surface area contributed by atoms with Crippen LogP contribution >= 0.6 is 15.9 Å². The number of ether oxygens (including phenoxy) is 1. The lowest BCUT2D eigenvalue weighted by Gasteiger charge is -2.36. The molecular formula is C18H20BrF2N3O3. The molecule has 0 N–H and O–H groups in total. The third-order valence-corrected chi connectivity index (χ3v) is 4.78. The maximum absolute atomic E-state index is 14.8. The number of piperidine rings is 1. The van der Waals surface area contributed by atoms with Crippen molar-refractivity contribution in [1.82, 2.24) is 14.5 Å². The van der Waals surface area contributed by atoms with Crippen molar-refractivity contribution in [2.75, 3.05) is 13.1 Å². The second-order valence-electron chi connectivity index (χ2n) is 7.54. The standard InChI is InChI=1S/C18H20BrF2N3O3/c1-18(2,3)27-17(26)23-5-4-14(12(21)8-23)24-9-22-13-7-10(19)6-11(20)15(13)16(24)25/h6-7,9,12,14H,4-5,8H2,1-3H3/t12-,14-/m1/s1. The number of fused-ring (bicyclic) bond motifs is 1. The van der Waals surface area contributed by atoms with Gasteiger partial charge < -0.3 is 9.64 Å². The summed E-state index contributed by atoms with van der Waals surface area (Å²) in [6, 6.07) is 1.88. The maximum Gasteiger partial charge on any atom is 0.410 e. The summed E-state index contributed by atoms with van der Waals surface area (Å²) in [5.74, 6) is -0.715. The zero-order chi connectivity index (χ0) is 19.9. The van der Waals surface area contributed by atoms with E-state index in [1.54, 1.807) is 20.8 Å². The molecule has 6 nitrogen and oxygen atoms in total. The van der Waals surface area contributed by atoms with Crippen LogP contribution in [0.4, 0.5) is 13.6 Å². The highest BCUT2D eigenvalue weighted by Crippen LogP contribution is 2.27. The SMILES string of the molecule is CC(C)(C)OC(=O)N1CC[C@@H](n2cnc3cc(Br)cc(F)c3c2=O)[C@H](F)C1. The van der Waals surface area contributed by atoms with Gasteiger partial charge in [0.05, 0.1) is 24.4 Å². The van der Waals surface area contributed by atoms with Crippen molar-refractivity contribution < 1.29 is 18.3 Å². The molecule has 1 fully saturated rings. The first-order valence-electron chi connectivity index (χ1n) is 8.55. The Morgan fingerprint density at radius 2 is 2.07 bits per heavy atom. The first-order chi connectivity index (χ1) is 12.6. The van der Waals surface area contributed by atoms with Crippen molar-refractivity contribution in [2.45, 2.75) is 45.0 Å².